The number of carbonyl (C=O) groups is 2. The normalized spacial score (nSPS) is 17.0. The fraction of sp³-hybridized carbons (Fsp3) is 0.100. The lowest BCUT2D eigenvalue weighted by atomic mass is 9.92. The van der Waals surface area contributed by atoms with Gasteiger partial charge >= 0.3 is 0 Å². The second-order valence-electron chi connectivity index (χ2n) is 5.82. The predicted octanol–water partition coefficient (Wildman–Crippen LogP) is 4.31. The Balaban J connectivity index is 1.86. The zero-order valence-electron chi connectivity index (χ0n) is 12.2. The van der Waals surface area contributed by atoms with Gasteiger partial charge in [-0.25, -0.2) is 0 Å². The van der Waals surface area contributed by atoms with Crippen molar-refractivity contribution >= 4 is 22.3 Å². The summed E-state index contributed by atoms with van der Waals surface area (Å²) in [6.07, 6.45) is 0. The summed E-state index contributed by atoms with van der Waals surface area (Å²) in [5.41, 5.74) is 2.89. The molecule has 0 aliphatic heterocycles. The Hall–Kier alpha value is -2.74. The maximum atomic E-state index is 12.7. The smallest absolute Gasteiger partial charge is 0.178 e. The Morgan fingerprint density at radius 1 is 0.727 bits per heavy atom. The molecule has 0 radical (unpaired) electrons. The summed E-state index contributed by atoms with van der Waals surface area (Å²) < 4.78 is 0. The van der Waals surface area contributed by atoms with E-state index in [1.54, 1.807) is 6.07 Å². The lowest BCUT2D eigenvalue weighted by Crippen LogP contribution is -2.12. The minimum absolute atomic E-state index is 0.0843. The van der Waals surface area contributed by atoms with Crippen LogP contribution in [0.15, 0.2) is 60.7 Å². The van der Waals surface area contributed by atoms with E-state index in [4.69, 9.17) is 0 Å². The molecule has 0 spiro atoms. The molecule has 3 aromatic rings. The van der Waals surface area contributed by atoms with Crippen molar-refractivity contribution in [3.63, 3.8) is 0 Å². The topological polar surface area (TPSA) is 34.1 Å². The first-order valence-corrected chi connectivity index (χ1v) is 7.33. The highest BCUT2D eigenvalue weighted by atomic mass is 16.2. The van der Waals surface area contributed by atoms with Crippen molar-refractivity contribution in [3.05, 3.63) is 82.9 Å². The lowest BCUT2D eigenvalue weighted by Gasteiger charge is -2.08. The number of rotatable bonds is 1. The van der Waals surface area contributed by atoms with Gasteiger partial charge in [-0.15, -0.1) is 0 Å². The third-order valence-electron chi connectivity index (χ3n) is 4.34. The van der Waals surface area contributed by atoms with Crippen LogP contribution in [-0.2, 0) is 0 Å². The Morgan fingerprint density at radius 3 is 2.27 bits per heavy atom. The first-order valence-electron chi connectivity index (χ1n) is 7.33. The van der Waals surface area contributed by atoms with Gasteiger partial charge in [0.05, 0.1) is 0 Å². The van der Waals surface area contributed by atoms with Crippen molar-refractivity contribution in [2.24, 2.45) is 0 Å². The van der Waals surface area contributed by atoms with Gasteiger partial charge in [-0.3, -0.25) is 9.59 Å². The van der Waals surface area contributed by atoms with Gasteiger partial charge in [-0.05, 0) is 35.4 Å². The van der Waals surface area contributed by atoms with Crippen LogP contribution in [0.25, 0.3) is 10.8 Å². The van der Waals surface area contributed by atoms with Crippen molar-refractivity contribution in [1.29, 1.82) is 0 Å². The molecule has 4 rings (SSSR count). The van der Waals surface area contributed by atoms with Crippen LogP contribution >= 0.6 is 0 Å². The molecule has 3 aromatic carbocycles. The first kappa shape index (κ1) is 13.0. The molecule has 106 valence electrons. The SMILES string of the molecule is Cc1ccc2c(c1)C(=O)[C@H](c1ccc3ccccc3c1)C2=O. The number of aryl methyl sites for hydroxylation is 1. The summed E-state index contributed by atoms with van der Waals surface area (Å²) in [5, 5.41) is 2.16. The van der Waals surface area contributed by atoms with E-state index in [1.165, 1.54) is 0 Å². The number of fused-ring (bicyclic) bond motifs is 2. The lowest BCUT2D eigenvalue weighted by molar-refractivity contribution is 0.0890. The number of hydrogen-bond acceptors (Lipinski definition) is 2. The molecule has 22 heavy (non-hydrogen) atoms. The maximum Gasteiger partial charge on any atom is 0.178 e. The van der Waals surface area contributed by atoms with Crippen LogP contribution in [0.5, 0.6) is 0 Å². The number of hydrogen-bond donors (Lipinski definition) is 0. The minimum atomic E-state index is -0.693. The molecule has 1 atom stereocenters. The molecule has 1 aliphatic rings. The van der Waals surface area contributed by atoms with E-state index in [0.29, 0.717) is 11.1 Å². The van der Waals surface area contributed by atoms with Crippen LogP contribution in [0, 0.1) is 6.92 Å². The Bertz CT molecular complexity index is 937. The van der Waals surface area contributed by atoms with Crippen molar-refractivity contribution in [2.75, 3.05) is 0 Å². The molecular formula is C20H14O2. The first-order chi connectivity index (χ1) is 10.6. The predicted molar refractivity (Wildman–Crippen MR) is 86.5 cm³/mol. The van der Waals surface area contributed by atoms with Gasteiger partial charge in [0.25, 0.3) is 0 Å². The second kappa shape index (κ2) is 4.63. The molecule has 0 saturated heterocycles. The summed E-state index contributed by atoms with van der Waals surface area (Å²) >= 11 is 0. The molecule has 1 aliphatic carbocycles. The van der Waals surface area contributed by atoms with Gasteiger partial charge in [0.1, 0.15) is 5.92 Å². The zero-order chi connectivity index (χ0) is 15.3. The summed E-state index contributed by atoms with van der Waals surface area (Å²) in [7, 11) is 0. The van der Waals surface area contributed by atoms with Gasteiger partial charge < -0.3 is 0 Å². The minimum Gasteiger partial charge on any atom is -0.293 e. The molecule has 0 saturated carbocycles. The molecular weight excluding hydrogens is 272 g/mol. The van der Waals surface area contributed by atoms with E-state index in [9.17, 15) is 9.59 Å². The van der Waals surface area contributed by atoms with Crippen LogP contribution in [-0.4, -0.2) is 11.6 Å². The van der Waals surface area contributed by atoms with Crippen molar-refractivity contribution in [3.8, 4) is 0 Å². The highest BCUT2D eigenvalue weighted by Crippen LogP contribution is 2.35. The standard InChI is InChI=1S/C20H14O2/c1-12-6-9-16-17(10-12)20(22)18(19(16)21)15-8-7-13-4-2-3-5-14(13)11-15/h2-11,18H,1H3/t18-/m1/s1. The average Bonchev–Trinajstić information content (AvgIpc) is 2.78. The fourth-order valence-electron chi connectivity index (χ4n) is 3.20. The summed E-state index contributed by atoms with van der Waals surface area (Å²) in [5.74, 6) is -0.865. The third kappa shape index (κ3) is 1.81. The molecule has 2 heteroatoms. The quantitative estimate of drug-likeness (QED) is 0.625. The van der Waals surface area contributed by atoms with E-state index in [1.807, 2.05) is 61.5 Å². The van der Waals surface area contributed by atoms with Crippen molar-refractivity contribution < 1.29 is 9.59 Å². The van der Waals surface area contributed by atoms with E-state index in [0.717, 1.165) is 21.9 Å². The van der Waals surface area contributed by atoms with E-state index < -0.39 is 5.92 Å². The van der Waals surface area contributed by atoms with E-state index >= 15 is 0 Å². The summed E-state index contributed by atoms with van der Waals surface area (Å²) in [6, 6.07) is 19.2. The largest absolute Gasteiger partial charge is 0.293 e. The zero-order valence-corrected chi connectivity index (χ0v) is 12.2. The molecule has 0 bridgehead atoms. The molecule has 0 heterocycles. The van der Waals surface area contributed by atoms with Gasteiger partial charge in [0, 0.05) is 11.1 Å². The van der Waals surface area contributed by atoms with Crippen LogP contribution in [0.2, 0.25) is 0 Å². The Kier molecular flexibility index (Phi) is 2.73. The Morgan fingerprint density at radius 2 is 1.45 bits per heavy atom. The van der Waals surface area contributed by atoms with Crippen molar-refractivity contribution in [2.45, 2.75) is 12.8 Å². The van der Waals surface area contributed by atoms with Crippen LogP contribution in [0.4, 0.5) is 0 Å². The monoisotopic (exact) mass is 286 g/mol. The number of ketones is 2. The van der Waals surface area contributed by atoms with Crippen LogP contribution < -0.4 is 0 Å². The van der Waals surface area contributed by atoms with Gasteiger partial charge in [0.2, 0.25) is 0 Å². The Labute approximate surface area is 128 Å². The number of benzene rings is 3. The third-order valence-corrected chi connectivity index (χ3v) is 4.34. The molecule has 0 amide bonds. The van der Waals surface area contributed by atoms with Gasteiger partial charge in [-0.1, -0.05) is 54.1 Å². The highest BCUT2D eigenvalue weighted by Gasteiger charge is 2.39. The highest BCUT2D eigenvalue weighted by molar-refractivity contribution is 6.29. The van der Waals surface area contributed by atoms with Gasteiger partial charge in [0.15, 0.2) is 11.6 Å². The second-order valence-corrected chi connectivity index (χ2v) is 5.82. The molecule has 0 unspecified atom stereocenters. The van der Waals surface area contributed by atoms with Crippen LogP contribution in [0.1, 0.15) is 37.8 Å². The summed E-state index contributed by atoms with van der Waals surface area (Å²) in [6.45, 7) is 1.93. The van der Waals surface area contributed by atoms with Crippen LogP contribution in [0.3, 0.4) is 0 Å². The number of carbonyl (C=O) groups excluding carboxylic acids is 2. The average molecular weight is 286 g/mol. The molecule has 2 nitrogen and oxygen atoms in total. The molecule has 0 aromatic heterocycles. The summed E-state index contributed by atoms with van der Waals surface area (Å²) in [4.78, 5) is 25.3. The number of Topliss-reactive ketones (excluding diaryl/α,β-unsaturated/α-hetero) is 2. The van der Waals surface area contributed by atoms with E-state index in [-0.39, 0.29) is 11.6 Å². The molecule has 0 fully saturated rings. The molecule has 0 N–H and O–H groups in total. The van der Waals surface area contributed by atoms with Crippen molar-refractivity contribution in [1.82, 2.24) is 0 Å². The van der Waals surface area contributed by atoms with E-state index in [2.05, 4.69) is 0 Å². The maximum absolute atomic E-state index is 12.7. The fourth-order valence-corrected chi connectivity index (χ4v) is 3.20. The van der Waals surface area contributed by atoms with Gasteiger partial charge in [-0.2, -0.15) is 0 Å².